The van der Waals surface area contributed by atoms with Gasteiger partial charge in [0.25, 0.3) is 0 Å². The first-order valence-electron chi connectivity index (χ1n) is 5.90. The molecule has 0 aliphatic heterocycles. The van der Waals surface area contributed by atoms with Gasteiger partial charge < -0.3 is 0 Å². The predicted molar refractivity (Wildman–Crippen MR) is 62.6 cm³/mol. The molecule has 2 atom stereocenters. The number of fused-ring (bicyclic) bond motifs is 1. The molecule has 15 heavy (non-hydrogen) atoms. The molecule has 1 saturated carbocycles. The van der Waals surface area contributed by atoms with Crippen LogP contribution in [0.25, 0.3) is 0 Å². The van der Waals surface area contributed by atoms with Crippen molar-refractivity contribution in [3.05, 3.63) is 23.8 Å². The standard InChI is InChI=1S/C14H20O/c1-10(2)11-4-6-14(3)7-5-13(15)9-12(14)8-11/h9,11H,1,4-8H2,2-3H3/t11-,14+/m0/s1. The van der Waals surface area contributed by atoms with Gasteiger partial charge in [-0.05, 0) is 50.0 Å². The Balaban J connectivity index is 2.23. The molecule has 2 aliphatic carbocycles. The number of carbonyl (C=O) groups is 1. The first-order valence-corrected chi connectivity index (χ1v) is 5.90. The van der Waals surface area contributed by atoms with Crippen LogP contribution in [0.2, 0.25) is 0 Å². The minimum absolute atomic E-state index is 0.319. The Bertz CT molecular complexity index is 337. The van der Waals surface area contributed by atoms with E-state index in [-0.39, 0.29) is 0 Å². The van der Waals surface area contributed by atoms with Gasteiger partial charge in [-0.2, -0.15) is 0 Å². The van der Waals surface area contributed by atoms with Crippen LogP contribution in [-0.2, 0) is 4.79 Å². The molecular formula is C14H20O. The highest BCUT2D eigenvalue weighted by atomic mass is 16.1. The van der Waals surface area contributed by atoms with Gasteiger partial charge in [0, 0.05) is 6.42 Å². The van der Waals surface area contributed by atoms with Gasteiger partial charge in [-0.25, -0.2) is 0 Å². The van der Waals surface area contributed by atoms with Crippen LogP contribution < -0.4 is 0 Å². The fourth-order valence-electron chi connectivity index (χ4n) is 2.87. The van der Waals surface area contributed by atoms with Crippen molar-refractivity contribution in [3.63, 3.8) is 0 Å². The molecule has 0 heterocycles. The summed E-state index contributed by atoms with van der Waals surface area (Å²) in [5.74, 6) is 0.931. The molecule has 2 rings (SSSR count). The number of ketones is 1. The summed E-state index contributed by atoms with van der Waals surface area (Å²) in [7, 11) is 0. The lowest BCUT2D eigenvalue weighted by molar-refractivity contribution is -0.115. The van der Waals surface area contributed by atoms with E-state index in [2.05, 4.69) is 20.4 Å². The summed E-state index contributed by atoms with van der Waals surface area (Å²) >= 11 is 0. The van der Waals surface area contributed by atoms with Crippen LogP contribution >= 0.6 is 0 Å². The molecule has 0 spiro atoms. The number of hydrogen-bond donors (Lipinski definition) is 0. The highest BCUT2D eigenvalue weighted by Gasteiger charge is 2.38. The van der Waals surface area contributed by atoms with Gasteiger partial charge in [-0.1, -0.05) is 24.6 Å². The summed E-state index contributed by atoms with van der Waals surface area (Å²) < 4.78 is 0. The maximum Gasteiger partial charge on any atom is 0.155 e. The number of rotatable bonds is 1. The average Bonchev–Trinajstić information content (AvgIpc) is 2.18. The molecular weight excluding hydrogens is 184 g/mol. The number of carbonyl (C=O) groups excluding carboxylic acids is 1. The maximum atomic E-state index is 11.4. The van der Waals surface area contributed by atoms with Crippen LogP contribution in [0.15, 0.2) is 23.8 Å². The molecule has 1 fully saturated rings. The largest absolute Gasteiger partial charge is 0.295 e. The zero-order valence-electron chi connectivity index (χ0n) is 9.81. The molecule has 0 aromatic carbocycles. The molecule has 82 valence electrons. The highest BCUT2D eigenvalue weighted by Crippen LogP contribution is 2.49. The van der Waals surface area contributed by atoms with Crippen molar-refractivity contribution in [2.75, 3.05) is 0 Å². The Morgan fingerprint density at radius 2 is 2.27 bits per heavy atom. The van der Waals surface area contributed by atoms with Crippen LogP contribution in [-0.4, -0.2) is 5.78 Å². The molecule has 0 aromatic rings. The summed E-state index contributed by atoms with van der Waals surface area (Å²) in [6.45, 7) is 8.48. The molecule has 0 unspecified atom stereocenters. The Kier molecular flexibility index (Phi) is 2.57. The van der Waals surface area contributed by atoms with E-state index < -0.39 is 0 Å². The van der Waals surface area contributed by atoms with Crippen LogP contribution in [0.5, 0.6) is 0 Å². The van der Waals surface area contributed by atoms with E-state index >= 15 is 0 Å². The van der Waals surface area contributed by atoms with E-state index in [4.69, 9.17) is 0 Å². The van der Waals surface area contributed by atoms with Crippen molar-refractivity contribution in [1.82, 2.24) is 0 Å². The predicted octanol–water partition coefficient (Wildman–Crippen LogP) is 3.66. The molecule has 0 aromatic heterocycles. The average molecular weight is 204 g/mol. The topological polar surface area (TPSA) is 17.1 Å². The van der Waals surface area contributed by atoms with Gasteiger partial charge in [0.1, 0.15) is 0 Å². The fourth-order valence-corrected chi connectivity index (χ4v) is 2.87. The molecule has 0 bridgehead atoms. The van der Waals surface area contributed by atoms with E-state index in [9.17, 15) is 4.79 Å². The molecule has 1 nitrogen and oxygen atoms in total. The third-order valence-electron chi connectivity index (χ3n) is 4.24. The summed E-state index contributed by atoms with van der Waals surface area (Å²) in [5.41, 5.74) is 2.98. The third kappa shape index (κ3) is 1.92. The van der Waals surface area contributed by atoms with Crippen LogP contribution in [0.3, 0.4) is 0 Å². The summed E-state index contributed by atoms with van der Waals surface area (Å²) in [6, 6.07) is 0. The normalized spacial score (nSPS) is 35.7. The monoisotopic (exact) mass is 204 g/mol. The second-order valence-electron chi connectivity index (χ2n) is 5.48. The van der Waals surface area contributed by atoms with E-state index in [1.165, 1.54) is 24.0 Å². The molecule has 0 amide bonds. The minimum Gasteiger partial charge on any atom is -0.295 e. The van der Waals surface area contributed by atoms with Crippen molar-refractivity contribution in [2.24, 2.45) is 11.3 Å². The lowest BCUT2D eigenvalue weighted by atomic mass is 9.62. The van der Waals surface area contributed by atoms with E-state index in [0.29, 0.717) is 17.1 Å². The quantitative estimate of drug-likeness (QED) is 0.596. The summed E-state index contributed by atoms with van der Waals surface area (Å²) in [4.78, 5) is 11.4. The third-order valence-corrected chi connectivity index (χ3v) is 4.24. The van der Waals surface area contributed by atoms with Crippen LogP contribution in [0.4, 0.5) is 0 Å². The van der Waals surface area contributed by atoms with Gasteiger partial charge in [0.15, 0.2) is 5.78 Å². The summed E-state index contributed by atoms with van der Waals surface area (Å²) in [6.07, 6.45) is 7.26. The summed E-state index contributed by atoms with van der Waals surface area (Å²) in [5, 5.41) is 0. The van der Waals surface area contributed by atoms with Crippen molar-refractivity contribution in [1.29, 1.82) is 0 Å². The smallest absolute Gasteiger partial charge is 0.155 e. The first kappa shape index (κ1) is 10.7. The molecule has 0 radical (unpaired) electrons. The van der Waals surface area contributed by atoms with Gasteiger partial charge in [0.2, 0.25) is 0 Å². The van der Waals surface area contributed by atoms with E-state index in [0.717, 1.165) is 19.3 Å². The molecule has 0 N–H and O–H groups in total. The van der Waals surface area contributed by atoms with Crippen molar-refractivity contribution in [3.8, 4) is 0 Å². The Hall–Kier alpha value is -0.850. The SMILES string of the molecule is C=C(C)[C@H]1CC[C@]2(C)CCC(=O)C=C2C1. The Labute approximate surface area is 92.3 Å². The van der Waals surface area contributed by atoms with Gasteiger partial charge in [0.05, 0.1) is 0 Å². The van der Waals surface area contributed by atoms with Crippen LogP contribution in [0.1, 0.15) is 46.0 Å². The second-order valence-corrected chi connectivity index (χ2v) is 5.48. The first-order chi connectivity index (χ1) is 7.01. The number of allylic oxidation sites excluding steroid dienone is 3. The highest BCUT2D eigenvalue weighted by molar-refractivity contribution is 5.91. The van der Waals surface area contributed by atoms with E-state index in [1.807, 2.05) is 6.08 Å². The second kappa shape index (κ2) is 3.62. The van der Waals surface area contributed by atoms with Crippen LogP contribution in [0, 0.1) is 11.3 Å². The van der Waals surface area contributed by atoms with Gasteiger partial charge in [-0.15, -0.1) is 0 Å². The molecule has 0 saturated heterocycles. The van der Waals surface area contributed by atoms with Crippen molar-refractivity contribution >= 4 is 5.78 Å². The number of hydrogen-bond acceptors (Lipinski definition) is 1. The van der Waals surface area contributed by atoms with E-state index in [1.54, 1.807) is 0 Å². The molecule has 1 heteroatoms. The van der Waals surface area contributed by atoms with Crippen molar-refractivity contribution < 1.29 is 4.79 Å². The lowest BCUT2D eigenvalue weighted by Crippen LogP contribution is -2.31. The fraction of sp³-hybridized carbons (Fsp3) is 0.643. The lowest BCUT2D eigenvalue weighted by Gasteiger charge is -2.42. The Morgan fingerprint density at radius 1 is 1.53 bits per heavy atom. The van der Waals surface area contributed by atoms with Gasteiger partial charge in [-0.3, -0.25) is 4.79 Å². The Morgan fingerprint density at radius 3 is 2.93 bits per heavy atom. The van der Waals surface area contributed by atoms with Gasteiger partial charge >= 0.3 is 0 Å². The molecule has 2 aliphatic rings. The maximum absolute atomic E-state index is 11.4. The van der Waals surface area contributed by atoms with Crippen molar-refractivity contribution in [2.45, 2.75) is 46.0 Å². The zero-order chi connectivity index (χ0) is 11.1. The minimum atomic E-state index is 0.319. The zero-order valence-corrected chi connectivity index (χ0v) is 9.81.